The summed E-state index contributed by atoms with van der Waals surface area (Å²) in [6.45, 7) is 5.31. The molecule has 20 nitrogen and oxygen atoms in total. The molecule has 0 aromatic heterocycles. The summed E-state index contributed by atoms with van der Waals surface area (Å²) in [7, 11) is 1.67. The average molecular weight is 788 g/mol. The van der Waals surface area contributed by atoms with Crippen molar-refractivity contribution in [1.29, 1.82) is 0 Å². The maximum absolute atomic E-state index is 12.9. The smallest absolute Gasteiger partial charge is 0.317 e. The van der Waals surface area contributed by atoms with Crippen LogP contribution >= 0.6 is 12.6 Å². The zero-order chi connectivity index (χ0) is 40.4. The summed E-state index contributed by atoms with van der Waals surface area (Å²) in [4.78, 5) is 107. The normalized spacial score (nSPS) is 19.8. The van der Waals surface area contributed by atoms with Crippen LogP contribution in [0.1, 0.15) is 26.7 Å². The van der Waals surface area contributed by atoms with Gasteiger partial charge in [-0.2, -0.15) is 12.6 Å². The highest BCUT2D eigenvalue weighted by atomic mass is 32.1. The van der Waals surface area contributed by atoms with Gasteiger partial charge in [-0.05, 0) is 20.4 Å². The van der Waals surface area contributed by atoms with E-state index in [0.29, 0.717) is 26.1 Å². The Morgan fingerprint density at radius 2 is 1.17 bits per heavy atom. The molecule has 0 radical (unpaired) electrons. The van der Waals surface area contributed by atoms with Crippen molar-refractivity contribution in [3.63, 3.8) is 0 Å². The molecule has 54 heavy (non-hydrogen) atoms. The molecule has 2 fully saturated rings. The summed E-state index contributed by atoms with van der Waals surface area (Å²) in [6.07, 6.45) is 0.693. The highest BCUT2D eigenvalue weighted by molar-refractivity contribution is 7.81. The molecule has 2 rings (SSSR count). The second kappa shape index (κ2) is 23.1. The molecule has 6 N–H and O–H groups in total. The van der Waals surface area contributed by atoms with Gasteiger partial charge < -0.3 is 31.3 Å². The molecule has 5 amide bonds. The lowest BCUT2D eigenvalue weighted by Gasteiger charge is -2.32. The van der Waals surface area contributed by atoms with Gasteiger partial charge in [0, 0.05) is 89.7 Å². The maximum atomic E-state index is 12.9. The second-order valence-electron chi connectivity index (χ2n) is 13.9. The molecular formula is C33H57N9O11S. The second-order valence-corrected chi connectivity index (χ2v) is 14.9. The lowest BCUT2D eigenvalue weighted by Crippen LogP contribution is -2.50. The zero-order valence-electron chi connectivity index (χ0n) is 31.5. The third-order valence-electron chi connectivity index (χ3n) is 9.42. The molecule has 2 aliphatic rings. The molecule has 0 aliphatic carbocycles. The summed E-state index contributed by atoms with van der Waals surface area (Å²) in [5, 5.41) is 36.0. The van der Waals surface area contributed by atoms with Crippen LogP contribution < -0.4 is 16.0 Å². The van der Waals surface area contributed by atoms with Gasteiger partial charge >= 0.3 is 17.9 Å². The molecule has 0 aromatic carbocycles. The van der Waals surface area contributed by atoms with Gasteiger partial charge in [0.1, 0.15) is 0 Å². The molecule has 2 heterocycles. The monoisotopic (exact) mass is 787 g/mol. The summed E-state index contributed by atoms with van der Waals surface area (Å²) < 4.78 is -0.611. The van der Waals surface area contributed by atoms with Gasteiger partial charge in [0.05, 0.1) is 45.2 Å². The fraction of sp³-hybridized carbons (Fsp3) is 0.758. The Labute approximate surface area is 320 Å². The van der Waals surface area contributed by atoms with Crippen LogP contribution in [0.3, 0.4) is 0 Å². The van der Waals surface area contributed by atoms with E-state index in [1.54, 1.807) is 31.5 Å². The third-order valence-corrected chi connectivity index (χ3v) is 10.0. The number of imide groups is 1. The molecule has 0 saturated carbocycles. The summed E-state index contributed by atoms with van der Waals surface area (Å²) in [6, 6.07) is 0. The number of nitrogens with one attached hydrogen (secondary N) is 3. The van der Waals surface area contributed by atoms with E-state index in [1.165, 1.54) is 0 Å². The number of hydrogen-bond donors (Lipinski definition) is 7. The first-order valence-corrected chi connectivity index (χ1v) is 18.4. The Morgan fingerprint density at radius 1 is 0.722 bits per heavy atom. The number of carbonyl (C=O) groups excluding carboxylic acids is 5. The Hall–Kier alpha value is -3.89. The van der Waals surface area contributed by atoms with Gasteiger partial charge in [-0.1, -0.05) is 6.92 Å². The first-order chi connectivity index (χ1) is 25.4. The van der Waals surface area contributed by atoms with Gasteiger partial charge in [0.15, 0.2) is 0 Å². The molecule has 0 bridgehead atoms. The molecule has 0 spiro atoms. The van der Waals surface area contributed by atoms with Crippen LogP contribution in [0.5, 0.6) is 0 Å². The van der Waals surface area contributed by atoms with Crippen LogP contribution in [0.15, 0.2) is 0 Å². The number of thiol groups is 1. The minimum absolute atomic E-state index is 0.0228. The minimum Gasteiger partial charge on any atom is -0.480 e. The Kier molecular flexibility index (Phi) is 19.8. The van der Waals surface area contributed by atoms with Crippen molar-refractivity contribution in [3.8, 4) is 0 Å². The number of hydrogen-bond acceptors (Lipinski definition) is 14. The highest BCUT2D eigenvalue weighted by Gasteiger charge is 2.46. The van der Waals surface area contributed by atoms with E-state index in [2.05, 4.69) is 28.6 Å². The van der Waals surface area contributed by atoms with Crippen molar-refractivity contribution in [1.82, 2.24) is 45.3 Å². The average Bonchev–Trinajstić information content (AvgIpc) is 3.37. The number of aliphatic carboxylic acids is 3. The largest absolute Gasteiger partial charge is 0.480 e. The third kappa shape index (κ3) is 17.5. The summed E-state index contributed by atoms with van der Waals surface area (Å²) >= 11 is 4.54. The van der Waals surface area contributed by atoms with E-state index in [1.807, 2.05) is 13.8 Å². The quantitative estimate of drug-likeness (QED) is 0.0462. The lowest BCUT2D eigenvalue weighted by molar-refractivity contribution is -0.140. The van der Waals surface area contributed by atoms with Crippen molar-refractivity contribution in [3.05, 3.63) is 0 Å². The van der Waals surface area contributed by atoms with E-state index >= 15 is 0 Å². The Morgan fingerprint density at radius 3 is 1.61 bits per heavy atom. The van der Waals surface area contributed by atoms with E-state index in [-0.39, 0.29) is 122 Å². The number of likely N-dealkylation sites (tertiary alicyclic amines) is 1. The number of likely N-dealkylation sites (N-methyl/N-ethyl adjacent to an activating group) is 1. The topological polar surface area (TPSA) is 253 Å². The standard InChI is InChI=1S/C33H57N9O11S/c1-4-33(2,54)24-17-28(46)42(32(24)53)8-6-34-25(43)18-36-26(44)19-37(3)7-5-35-27(45)20-38-9-11-39(21-29(47)48)13-15-41(23-31(51)52)16-14-40(12-10-38)22-30(49)50/h24,54H,4-23H2,1-3H3,(H,34,43)(H,35,45)(H,36,44)(H,47,48)(H,49,50)(H,51,52). The van der Waals surface area contributed by atoms with E-state index in [0.717, 1.165) is 4.90 Å². The van der Waals surface area contributed by atoms with Crippen molar-refractivity contribution in [2.45, 2.75) is 31.4 Å². The molecule has 2 aliphatic heterocycles. The first-order valence-electron chi connectivity index (χ1n) is 18.0. The number of nitrogens with zero attached hydrogens (tertiary/aromatic N) is 6. The van der Waals surface area contributed by atoms with Gasteiger partial charge in [0.25, 0.3) is 0 Å². The molecule has 2 saturated heterocycles. The van der Waals surface area contributed by atoms with Crippen LogP contribution in [-0.4, -0.2) is 222 Å². The van der Waals surface area contributed by atoms with Crippen LogP contribution in [0.4, 0.5) is 0 Å². The molecule has 21 heteroatoms. The highest BCUT2D eigenvalue weighted by Crippen LogP contribution is 2.36. The fourth-order valence-electron chi connectivity index (χ4n) is 6.01. The van der Waals surface area contributed by atoms with Crippen LogP contribution in [0.25, 0.3) is 0 Å². The molecule has 2 atom stereocenters. The van der Waals surface area contributed by atoms with Crippen molar-refractivity contribution >= 4 is 60.1 Å². The van der Waals surface area contributed by atoms with Crippen molar-refractivity contribution < 1.29 is 53.7 Å². The predicted octanol–water partition coefficient (Wildman–Crippen LogP) is -3.78. The number of carboxylic acids is 3. The maximum Gasteiger partial charge on any atom is 0.317 e. The zero-order valence-corrected chi connectivity index (χ0v) is 32.4. The van der Waals surface area contributed by atoms with Crippen molar-refractivity contribution in [2.24, 2.45) is 5.92 Å². The molecule has 306 valence electrons. The van der Waals surface area contributed by atoms with Crippen LogP contribution in [0.2, 0.25) is 0 Å². The van der Waals surface area contributed by atoms with E-state index in [4.69, 9.17) is 0 Å². The van der Waals surface area contributed by atoms with E-state index in [9.17, 15) is 53.7 Å². The molecular weight excluding hydrogens is 730 g/mol. The summed E-state index contributed by atoms with van der Waals surface area (Å²) in [5.74, 6) is -5.51. The SMILES string of the molecule is CCC(C)(S)C1CC(=O)N(CCNC(=O)CNC(=O)CN(C)CCNC(=O)CN2CCN(CC(=O)O)CCN(CC(=O)O)CCN(CC(=O)O)CC2)C1=O. The number of amides is 5. The Bertz CT molecular complexity index is 1310. The minimum atomic E-state index is -1.04. The van der Waals surface area contributed by atoms with Gasteiger partial charge in [-0.25, -0.2) is 0 Å². The summed E-state index contributed by atoms with van der Waals surface area (Å²) in [5.41, 5.74) is 0. The number of rotatable bonds is 20. The lowest BCUT2D eigenvalue weighted by atomic mass is 9.89. The van der Waals surface area contributed by atoms with Crippen molar-refractivity contribution in [2.75, 3.05) is 125 Å². The van der Waals surface area contributed by atoms with Crippen LogP contribution in [0, 0.1) is 5.92 Å². The van der Waals surface area contributed by atoms with Gasteiger partial charge in [-0.3, -0.25) is 67.8 Å². The van der Waals surface area contributed by atoms with Gasteiger partial charge in [-0.15, -0.1) is 0 Å². The van der Waals surface area contributed by atoms with Gasteiger partial charge in [0.2, 0.25) is 29.5 Å². The Balaban J connectivity index is 1.78. The van der Waals surface area contributed by atoms with Crippen LogP contribution in [-0.2, 0) is 38.4 Å². The molecule has 2 unspecified atom stereocenters. The fourth-order valence-corrected chi connectivity index (χ4v) is 6.21. The van der Waals surface area contributed by atoms with E-state index < -0.39 is 40.4 Å². The first kappa shape index (κ1) is 46.3. The number of carboxylic acid groups (broad SMARTS) is 3. The number of carbonyl (C=O) groups is 8. The molecule has 0 aromatic rings. The predicted molar refractivity (Wildman–Crippen MR) is 198 cm³/mol.